The number of carbonyl (C=O) groups is 2. The molecule has 27 heavy (non-hydrogen) atoms. The summed E-state index contributed by atoms with van der Waals surface area (Å²) in [5.74, 6) is -2.88. The number of anilines is 1. The predicted molar refractivity (Wildman–Crippen MR) is 92.7 cm³/mol. The van der Waals surface area contributed by atoms with Crippen molar-refractivity contribution in [1.29, 1.82) is 0 Å². The number of aryl methyl sites for hydroxylation is 2. The number of nitrogens with one attached hydrogen (secondary N) is 1. The van der Waals surface area contributed by atoms with Crippen LogP contribution in [0.15, 0.2) is 24.3 Å². The van der Waals surface area contributed by atoms with E-state index in [9.17, 15) is 18.4 Å². The Kier molecular flexibility index (Phi) is 4.85. The highest BCUT2D eigenvalue weighted by atomic mass is 19.1. The average Bonchev–Trinajstić information content (AvgIpc) is 3.02. The molecule has 0 atom stereocenters. The van der Waals surface area contributed by atoms with Gasteiger partial charge in [0.15, 0.2) is 11.3 Å². The van der Waals surface area contributed by atoms with Gasteiger partial charge in [-0.3, -0.25) is 4.79 Å². The van der Waals surface area contributed by atoms with Gasteiger partial charge in [-0.1, -0.05) is 0 Å². The second-order valence-electron chi connectivity index (χ2n) is 5.76. The Morgan fingerprint density at radius 3 is 2.63 bits per heavy atom. The fourth-order valence-corrected chi connectivity index (χ4v) is 2.68. The highest BCUT2D eigenvalue weighted by Crippen LogP contribution is 2.19. The Labute approximate surface area is 153 Å². The maximum Gasteiger partial charge on any atom is 0.341 e. The van der Waals surface area contributed by atoms with E-state index < -0.39 is 23.5 Å². The third-order valence-electron chi connectivity index (χ3n) is 3.91. The molecule has 3 aromatic rings. The van der Waals surface area contributed by atoms with Crippen molar-refractivity contribution < 1.29 is 23.1 Å². The van der Waals surface area contributed by atoms with Crippen LogP contribution in [0.5, 0.6) is 0 Å². The molecule has 9 heteroatoms. The fraction of sp³-hybridized carbons (Fsp3) is 0.222. The lowest BCUT2D eigenvalue weighted by Crippen LogP contribution is -2.15. The number of nitrogens with zero attached hydrogens (tertiary/aromatic N) is 3. The van der Waals surface area contributed by atoms with Crippen LogP contribution in [-0.2, 0) is 4.74 Å². The number of halogens is 2. The SMILES string of the molecule is CCOC(=O)c1c(C)nc2cc(C(=O)Nc3ccc(F)cc3F)nn2c1C. The summed E-state index contributed by atoms with van der Waals surface area (Å²) in [5, 5.41) is 6.47. The first-order chi connectivity index (χ1) is 12.8. The highest BCUT2D eigenvalue weighted by molar-refractivity contribution is 6.03. The zero-order valence-corrected chi connectivity index (χ0v) is 14.8. The number of ether oxygens (including phenoxy) is 1. The number of hydrogen-bond donors (Lipinski definition) is 1. The number of carbonyl (C=O) groups excluding carboxylic acids is 2. The molecule has 0 saturated carbocycles. The van der Waals surface area contributed by atoms with Gasteiger partial charge in [0.1, 0.15) is 17.2 Å². The van der Waals surface area contributed by atoms with Gasteiger partial charge < -0.3 is 10.1 Å². The van der Waals surface area contributed by atoms with E-state index in [-0.39, 0.29) is 23.6 Å². The van der Waals surface area contributed by atoms with Gasteiger partial charge in [0.2, 0.25) is 0 Å². The molecule has 0 unspecified atom stereocenters. The zero-order chi connectivity index (χ0) is 19.7. The minimum Gasteiger partial charge on any atom is -0.462 e. The molecule has 1 amide bonds. The van der Waals surface area contributed by atoms with Crippen LogP contribution in [0, 0.1) is 25.5 Å². The monoisotopic (exact) mass is 374 g/mol. The van der Waals surface area contributed by atoms with Crippen LogP contribution in [-0.4, -0.2) is 33.1 Å². The van der Waals surface area contributed by atoms with Gasteiger partial charge in [-0.15, -0.1) is 0 Å². The zero-order valence-electron chi connectivity index (χ0n) is 14.8. The lowest BCUT2D eigenvalue weighted by molar-refractivity contribution is 0.0523. The Morgan fingerprint density at radius 1 is 1.22 bits per heavy atom. The predicted octanol–water partition coefficient (Wildman–Crippen LogP) is 3.05. The van der Waals surface area contributed by atoms with Crippen molar-refractivity contribution in [2.45, 2.75) is 20.8 Å². The van der Waals surface area contributed by atoms with Crippen molar-refractivity contribution >= 4 is 23.2 Å². The first-order valence-electron chi connectivity index (χ1n) is 8.12. The quantitative estimate of drug-likeness (QED) is 0.710. The number of rotatable bonds is 4. The minimum atomic E-state index is -0.901. The fourth-order valence-electron chi connectivity index (χ4n) is 2.68. The minimum absolute atomic E-state index is 0.0327. The summed E-state index contributed by atoms with van der Waals surface area (Å²) >= 11 is 0. The van der Waals surface area contributed by atoms with Gasteiger partial charge in [-0.2, -0.15) is 5.10 Å². The van der Waals surface area contributed by atoms with E-state index in [4.69, 9.17) is 4.74 Å². The molecular weight excluding hydrogens is 358 g/mol. The van der Waals surface area contributed by atoms with Crippen molar-refractivity contribution in [2.75, 3.05) is 11.9 Å². The summed E-state index contributed by atoms with van der Waals surface area (Å²) in [4.78, 5) is 28.8. The average molecular weight is 374 g/mol. The molecule has 0 aliphatic heterocycles. The third kappa shape index (κ3) is 3.48. The standard InChI is InChI=1S/C18H16F2N4O3/c1-4-27-18(26)16-9(2)21-15-8-14(23-24(15)10(16)3)17(25)22-13-6-5-11(19)7-12(13)20/h5-8H,4H2,1-3H3,(H,22,25). The number of aromatic nitrogens is 3. The van der Waals surface area contributed by atoms with Gasteiger partial charge in [0.05, 0.1) is 23.7 Å². The van der Waals surface area contributed by atoms with E-state index in [0.717, 1.165) is 12.1 Å². The molecule has 2 heterocycles. The highest BCUT2D eigenvalue weighted by Gasteiger charge is 2.21. The van der Waals surface area contributed by atoms with Crippen LogP contribution < -0.4 is 5.32 Å². The number of esters is 1. The number of amides is 1. The molecule has 2 aromatic heterocycles. The summed E-state index contributed by atoms with van der Waals surface area (Å²) in [6.07, 6.45) is 0. The van der Waals surface area contributed by atoms with Crippen LogP contribution in [0.2, 0.25) is 0 Å². The first-order valence-corrected chi connectivity index (χ1v) is 8.12. The van der Waals surface area contributed by atoms with Crippen molar-refractivity contribution in [3.05, 3.63) is 58.5 Å². The first kappa shape index (κ1) is 18.4. The molecule has 0 aliphatic carbocycles. The molecule has 0 spiro atoms. The van der Waals surface area contributed by atoms with Crippen LogP contribution in [0.25, 0.3) is 5.65 Å². The van der Waals surface area contributed by atoms with Crippen molar-refractivity contribution in [1.82, 2.24) is 14.6 Å². The number of fused-ring (bicyclic) bond motifs is 1. The molecule has 0 radical (unpaired) electrons. The van der Waals surface area contributed by atoms with E-state index in [1.54, 1.807) is 20.8 Å². The van der Waals surface area contributed by atoms with E-state index >= 15 is 0 Å². The molecule has 1 aromatic carbocycles. The lowest BCUT2D eigenvalue weighted by Gasteiger charge is -2.09. The molecular formula is C18H16F2N4O3. The summed E-state index contributed by atoms with van der Waals surface area (Å²) in [6.45, 7) is 5.22. The molecule has 0 aliphatic rings. The molecule has 0 saturated heterocycles. The lowest BCUT2D eigenvalue weighted by atomic mass is 10.2. The van der Waals surface area contributed by atoms with Gasteiger partial charge in [0, 0.05) is 12.1 Å². The summed E-state index contributed by atoms with van der Waals surface area (Å²) < 4.78 is 33.1. The van der Waals surface area contributed by atoms with Gasteiger partial charge >= 0.3 is 5.97 Å². The van der Waals surface area contributed by atoms with Crippen molar-refractivity contribution in [3.63, 3.8) is 0 Å². The Balaban J connectivity index is 1.97. The second kappa shape index (κ2) is 7.10. The van der Waals surface area contributed by atoms with E-state index in [2.05, 4.69) is 15.4 Å². The summed E-state index contributed by atoms with van der Waals surface area (Å²) in [5.41, 5.74) is 1.31. The van der Waals surface area contributed by atoms with Crippen LogP contribution in [0.3, 0.4) is 0 Å². The van der Waals surface area contributed by atoms with Crippen LogP contribution >= 0.6 is 0 Å². The number of benzene rings is 1. The number of hydrogen-bond acceptors (Lipinski definition) is 5. The molecule has 0 fully saturated rings. The molecule has 1 N–H and O–H groups in total. The van der Waals surface area contributed by atoms with Crippen LogP contribution in [0.1, 0.15) is 39.2 Å². The molecule has 0 bridgehead atoms. The molecule has 3 rings (SSSR count). The third-order valence-corrected chi connectivity index (χ3v) is 3.91. The molecule has 140 valence electrons. The smallest absolute Gasteiger partial charge is 0.341 e. The van der Waals surface area contributed by atoms with E-state index in [0.29, 0.717) is 23.1 Å². The maximum absolute atomic E-state index is 13.7. The summed E-state index contributed by atoms with van der Waals surface area (Å²) in [7, 11) is 0. The Morgan fingerprint density at radius 2 is 1.96 bits per heavy atom. The van der Waals surface area contributed by atoms with Gasteiger partial charge in [-0.05, 0) is 32.9 Å². The normalized spacial score (nSPS) is 10.9. The Bertz CT molecular complexity index is 1060. The van der Waals surface area contributed by atoms with Crippen molar-refractivity contribution in [3.8, 4) is 0 Å². The topological polar surface area (TPSA) is 85.6 Å². The van der Waals surface area contributed by atoms with E-state index in [1.165, 1.54) is 10.6 Å². The second-order valence-corrected chi connectivity index (χ2v) is 5.76. The maximum atomic E-state index is 13.7. The Hall–Kier alpha value is -3.36. The van der Waals surface area contributed by atoms with Gasteiger partial charge in [-0.25, -0.2) is 23.1 Å². The molecule has 7 nitrogen and oxygen atoms in total. The largest absolute Gasteiger partial charge is 0.462 e. The van der Waals surface area contributed by atoms with E-state index in [1.807, 2.05) is 0 Å². The van der Waals surface area contributed by atoms with Crippen LogP contribution in [0.4, 0.5) is 14.5 Å². The van der Waals surface area contributed by atoms with Crippen molar-refractivity contribution in [2.24, 2.45) is 0 Å². The van der Waals surface area contributed by atoms with Gasteiger partial charge in [0.25, 0.3) is 5.91 Å². The summed E-state index contributed by atoms with van der Waals surface area (Å²) in [6, 6.07) is 4.22.